The number of hydrogen-bond acceptors (Lipinski definition) is 4. The minimum atomic E-state index is -0.361. The van der Waals surface area contributed by atoms with Gasteiger partial charge in [-0.2, -0.15) is 0 Å². The van der Waals surface area contributed by atoms with Gasteiger partial charge in [0.25, 0.3) is 11.6 Å². The predicted octanol–water partition coefficient (Wildman–Crippen LogP) is 3.31. The molecule has 1 aromatic rings. The van der Waals surface area contributed by atoms with Gasteiger partial charge in [-0.25, -0.2) is 0 Å². The van der Waals surface area contributed by atoms with E-state index in [0.29, 0.717) is 23.1 Å². The van der Waals surface area contributed by atoms with Crippen molar-refractivity contribution in [2.75, 3.05) is 31.1 Å². The number of hydrogen-bond donors (Lipinski definition) is 0. The van der Waals surface area contributed by atoms with Crippen molar-refractivity contribution in [1.82, 2.24) is 4.90 Å². The maximum Gasteiger partial charge on any atom is 0.293 e. The van der Waals surface area contributed by atoms with Crippen molar-refractivity contribution in [2.45, 2.75) is 33.1 Å². The lowest BCUT2D eigenvalue weighted by Gasteiger charge is -2.36. The van der Waals surface area contributed by atoms with E-state index in [4.69, 9.17) is 0 Å². The standard InChI is InChI=1S/C18H25N3O3/c1-13-9-14(2)12-20(11-13)16-6-5-15(10-17(16)21(23)24)18(22)19-7-3-4-8-19/h5-6,10,13-14H,3-4,7-9,11-12H2,1-2H3. The second kappa shape index (κ2) is 6.79. The summed E-state index contributed by atoms with van der Waals surface area (Å²) in [6.45, 7) is 7.50. The van der Waals surface area contributed by atoms with E-state index in [0.717, 1.165) is 45.4 Å². The molecule has 0 saturated carbocycles. The molecule has 0 spiro atoms. The molecular formula is C18H25N3O3. The molecule has 6 heteroatoms. The maximum absolute atomic E-state index is 12.5. The SMILES string of the molecule is CC1CC(C)CN(c2ccc(C(=O)N3CCCC3)cc2[N+](=O)[O-])C1. The van der Waals surface area contributed by atoms with Gasteiger partial charge in [-0.05, 0) is 43.2 Å². The van der Waals surface area contributed by atoms with E-state index < -0.39 is 0 Å². The fraction of sp³-hybridized carbons (Fsp3) is 0.611. The molecule has 130 valence electrons. The molecule has 2 aliphatic heterocycles. The molecule has 0 radical (unpaired) electrons. The summed E-state index contributed by atoms with van der Waals surface area (Å²) >= 11 is 0. The van der Waals surface area contributed by atoms with E-state index in [1.165, 1.54) is 6.07 Å². The molecule has 1 aromatic carbocycles. The van der Waals surface area contributed by atoms with Crippen LogP contribution in [-0.2, 0) is 0 Å². The quantitative estimate of drug-likeness (QED) is 0.629. The molecule has 2 heterocycles. The van der Waals surface area contributed by atoms with Crippen LogP contribution in [0.15, 0.2) is 18.2 Å². The van der Waals surface area contributed by atoms with Crippen LogP contribution < -0.4 is 4.90 Å². The first-order chi connectivity index (χ1) is 11.5. The molecular weight excluding hydrogens is 306 g/mol. The number of likely N-dealkylation sites (tertiary alicyclic amines) is 1. The molecule has 2 unspecified atom stereocenters. The zero-order valence-electron chi connectivity index (χ0n) is 14.4. The summed E-state index contributed by atoms with van der Waals surface area (Å²) in [5.41, 5.74) is 1.10. The van der Waals surface area contributed by atoms with Gasteiger partial charge >= 0.3 is 0 Å². The van der Waals surface area contributed by atoms with Crippen molar-refractivity contribution in [3.8, 4) is 0 Å². The van der Waals surface area contributed by atoms with E-state index in [2.05, 4.69) is 18.7 Å². The van der Waals surface area contributed by atoms with Crippen LogP contribution >= 0.6 is 0 Å². The molecule has 24 heavy (non-hydrogen) atoms. The van der Waals surface area contributed by atoms with Gasteiger partial charge in [-0.3, -0.25) is 14.9 Å². The van der Waals surface area contributed by atoms with Crippen LogP contribution in [0.3, 0.4) is 0 Å². The molecule has 3 rings (SSSR count). The number of benzene rings is 1. The number of nitrogens with zero attached hydrogens (tertiary/aromatic N) is 3. The summed E-state index contributed by atoms with van der Waals surface area (Å²) in [5, 5.41) is 11.6. The van der Waals surface area contributed by atoms with E-state index >= 15 is 0 Å². The number of carbonyl (C=O) groups excluding carboxylic acids is 1. The Morgan fingerprint density at radius 1 is 1.17 bits per heavy atom. The number of amides is 1. The summed E-state index contributed by atoms with van der Waals surface area (Å²) in [6, 6.07) is 4.96. The third-order valence-electron chi connectivity index (χ3n) is 5.02. The highest BCUT2D eigenvalue weighted by Gasteiger charge is 2.29. The molecule has 0 bridgehead atoms. The predicted molar refractivity (Wildman–Crippen MR) is 93.4 cm³/mol. The third kappa shape index (κ3) is 3.37. The highest BCUT2D eigenvalue weighted by molar-refractivity contribution is 5.96. The summed E-state index contributed by atoms with van der Waals surface area (Å²) < 4.78 is 0. The van der Waals surface area contributed by atoms with Crippen LogP contribution in [0.2, 0.25) is 0 Å². The van der Waals surface area contributed by atoms with Gasteiger partial charge in [-0.1, -0.05) is 13.8 Å². The summed E-state index contributed by atoms with van der Waals surface area (Å²) in [7, 11) is 0. The van der Waals surface area contributed by atoms with Crippen molar-refractivity contribution < 1.29 is 9.72 Å². The minimum absolute atomic E-state index is 0.0429. The summed E-state index contributed by atoms with van der Waals surface area (Å²) in [6.07, 6.45) is 3.17. The largest absolute Gasteiger partial charge is 0.365 e. The Morgan fingerprint density at radius 3 is 2.38 bits per heavy atom. The van der Waals surface area contributed by atoms with Crippen molar-refractivity contribution in [3.05, 3.63) is 33.9 Å². The Labute approximate surface area is 142 Å². The molecule has 0 aliphatic carbocycles. The van der Waals surface area contributed by atoms with Crippen LogP contribution in [0.4, 0.5) is 11.4 Å². The maximum atomic E-state index is 12.5. The third-order valence-corrected chi connectivity index (χ3v) is 5.02. The molecule has 6 nitrogen and oxygen atoms in total. The average Bonchev–Trinajstić information content (AvgIpc) is 3.07. The lowest BCUT2D eigenvalue weighted by Crippen LogP contribution is -2.39. The monoisotopic (exact) mass is 331 g/mol. The molecule has 0 aromatic heterocycles. The van der Waals surface area contributed by atoms with Gasteiger partial charge in [0.1, 0.15) is 5.69 Å². The normalized spacial score (nSPS) is 24.2. The van der Waals surface area contributed by atoms with Gasteiger partial charge in [-0.15, -0.1) is 0 Å². The molecule has 2 saturated heterocycles. The number of rotatable bonds is 3. The number of piperidine rings is 1. The van der Waals surface area contributed by atoms with Crippen molar-refractivity contribution in [1.29, 1.82) is 0 Å². The highest BCUT2D eigenvalue weighted by Crippen LogP contribution is 2.34. The Bertz CT molecular complexity index is 630. The lowest BCUT2D eigenvalue weighted by atomic mass is 9.91. The second-order valence-corrected chi connectivity index (χ2v) is 7.31. The topological polar surface area (TPSA) is 66.7 Å². The van der Waals surface area contributed by atoms with Crippen molar-refractivity contribution >= 4 is 17.3 Å². The second-order valence-electron chi connectivity index (χ2n) is 7.31. The van der Waals surface area contributed by atoms with E-state index in [1.807, 2.05) is 0 Å². The lowest BCUT2D eigenvalue weighted by molar-refractivity contribution is -0.384. The Morgan fingerprint density at radius 2 is 1.79 bits per heavy atom. The van der Waals surface area contributed by atoms with Gasteiger partial charge in [0.05, 0.1) is 4.92 Å². The van der Waals surface area contributed by atoms with E-state index in [9.17, 15) is 14.9 Å². The minimum Gasteiger partial charge on any atom is -0.365 e. The molecule has 2 fully saturated rings. The average molecular weight is 331 g/mol. The Kier molecular flexibility index (Phi) is 4.73. The fourth-order valence-electron chi connectivity index (χ4n) is 4.03. The number of nitro groups is 1. The smallest absolute Gasteiger partial charge is 0.293 e. The van der Waals surface area contributed by atoms with Crippen LogP contribution in [0.25, 0.3) is 0 Å². The Balaban J connectivity index is 1.90. The van der Waals surface area contributed by atoms with Crippen molar-refractivity contribution in [2.24, 2.45) is 11.8 Å². The van der Waals surface area contributed by atoms with Gasteiger partial charge < -0.3 is 9.80 Å². The van der Waals surface area contributed by atoms with Crippen LogP contribution in [0.5, 0.6) is 0 Å². The first-order valence-corrected chi connectivity index (χ1v) is 8.78. The van der Waals surface area contributed by atoms with Gasteiger partial charge in [0.15, 0.2) is 0 Å². The van der Waals surface area contributed by atoms with Gasteiger partial charge in [0.2, 0.25) is 0 Å². The number of carbonyl (C=O) groups is 1. The Hall–Kier alpha value is -2.11. The summed E-state index contributed by atoms with van der Waals surface area (Å²) in [4.78, 5) is 27.6. The van der Waals surface area contributed by atoms with Crippen LogP contribution in [-0.4, -0.2) is 41.9 Å². The zero-order chi connectivity index (χ0) is 17.3. The first kappa shape index (κ1) is 16.7. The molecule has 2 aliphatic rings. The summed E-state index contributed by atoms with van der Waals surface area (Å²) in [5.74, 6) is 0.932. The molecule has 2 atom stereocenters. The fourth-order valence-corrected chi connectivity index (χ4v) is 4.03. The van der Waals surface area contributed by atoms with Crippen molar-refractivity contribution in [3.63, 3.8) is 0 Å². The van der Waals surface area contributed by atoms with Gasteiger partial charge in [0, 0.05) is 37.8 Å². The van der Waals surface area contributed by atoms with Crippen LogP contribution in [0, 0.1) is 22.0 Å². The van der Waals surface area contributed by atoms with E-state index in [1.54, 1.807) is 17.0 Å². The highest BCUT2D eigenvalue weighted by atomic mass is 16.6. The molecule has 0 N–H and O–H groups in total. The first-order valence-electron chi connectivity index (χ1n) is 8.78. The van der Waals surface area contributed by atoms with Crippen LogP contribution in [0.1, 0.15) is 43.5 Å². The zero-order valence-corrected chi connectivity index (χ0v) is 14.4. The number of nitro benzene ring substituents is 1. The van der Waals surface area contributed by atoms with E-state index in [-0.39, 0.29) is 16.5 Å². The molecule has 1 amide bonds. The number of anilines is 1.